The topological polar surface area (TPSA) is 109 Å². The molecule has 0 saturated carbocycles. The summed E-state index contributed by atoms with van der Waals surface area (Å²) in [5.41, 5.74) is -0.0531. The van der Waals surface area contributed by atoms with Crippen LogP contribution < -0.4 is 0 Å². The molecule has 116 valence electrons. The van der Waals surface area contributed by atoms with Crippen molar-refractivity contribution >= 4 is 23.5 Å². The quantitative estimate of drug-likeness (QED) is 0.648. The minimum Gasteiger partial charge on any atom is -0.478 e. The van der Waals surface area contributed by atoms with E-state index in [9.17, 15) is 19.2 Å². The van der Waals surface area contributed by atoms with Gasteiger partial charge in [0.25, 0.3) is 0 Å². The summed E-state index contributed by atoms with van der Waals surface area (Å²) in [5, 5.41) is 18.0. The van der Waals surface area contributed by atoms with E-state index in [-0.39, 0.29) is 11.1 Å². The molecule has 2 rings (SSSR count). The first-order valence-corrected chi connectivity index (χ1v) is 6.57. The van der Waals surface area contributed by atoms with Crippen LogP contribution in [0.1, 0.15) is 47.0 Å². The number of carbonyl (C=O) groups is 4. The summed E-state index contributed by atoms with van der Waals surface area (Å²) in [5.74, 6) is -4.59. The maximum absolute atomic E-state index is 12.2. The number of rotatable bonds is 5. The smallest absolute Gasteiger partial charge is 0.336 e. The number of ketones is 2. The molecule has 0 aliphatic carbocycles. The lowest BCUT2D eigenvalue weighted by molar-refractivity contribution is 0.0651. The van der Waals surface area contributed by atoms with Gasteiger partial charge < -0.3 is 10.2 Å². The molecule has 0 spiro atoms. The summed E-state index contributed by atoms with van der Waals surface area (Å²) in [4.78, 5) is 46.4. The van der Waals surface area contributed by atoms with Crippen LogP contribution in [-0.2, 0) is 0 Å². The molecular formula is C17H12O6. The first kappa shape index (κ1) is 16.1. The molecule has 0 bridgehead atoms. The Morgan fingerprint density at radius 2 is 1.17 bits per heavy atom. The number of Topliss-reactive ketones (excluding diaryl/α,β-unsaturated/α-hetero) is 2. The standard InChI is InChI=1S/C17H12O6/c1-9-2-4-10(5-3-9)14(18)15(19)11-6-7-12(16(20)21)13(8-11)17(22)23/h2-8H,1H3,(H,20,21)(H,22,23). The minimum atomic E-state index is -1.49. The number of aromatic carboxylic acids is 2. The predicted molar refractivity (Wildman–Crippen MR) is 80.2 cm³/mol. The molecule has 0 fully saturated rings. The van der Waals surface area contributed by atoms with Gasteiger partial charge in [0.05, 0.1) is 11.1 Å². The molecule has 0 saturated heterocycles. The van der Waals surface area contributed by atoms with Crippen LogP contribution in [-0.4, -0.2) is 33.7 Å². The number of hydrogen-bond acceptors (Lipinski definition) is 4. The third-order valence-corrected chi connectivity index (χ3v) is 3.26. The second-order valence-electron chi connectivity index (χ2n) is 4.89. The van der Waals surface area contributed by atoms with Crippen LogP contribution in [0, 0.1) is 6.92 Å². The molecule has 0 radical (unpaired) electrons. The van der Waals surface area contributed by atoms with Gasteiger partial charge in [-0.3, -0.25) is 9.59 Å². The molecule has 2 aromatic rings. The van der Waals surface area contributed by atoms with E-state index in [1.54, 1.807) is 12.1 Å². The Balaban J connectivity index is 2.41. The molecule has 6 heteroatoms. The molecular weight excluding hydrogens is 300 g/mol. The molecule has 0 amide bonds. The number of benzene rings is 2. The monoisotopic (exact) mass is 312 g/mol. The molecule has 0 aliphatic heterocycles. The van der Waals surface area contributed by atoms with Crippen molar-refractivity contribution in [1.29, 1.82) is 0 Å². The van der Waals surface area contributed by atoms with Crippen molar-refractivity contribution in [3.8, 4) is 0 Å². The van der Waals surface area contributed by atoms with E-state index in [0.717, 1.165) is 23.8 Å². The zero-order valence-corrected chi connectivity index (χ0v) is 12.1. The van der Waals surface area contributed by atoms with Gasteiger partial charge in [-0.15, -0.1) is 0 Å². The van der Waals surface area contributed by atoms with Crippen LogP contribution in [0.5, 0.6) is 0 Å². The van der Waals surface area contributed by atoms with Crippen LogP contribution in [0.15, 0.2) is 42.5 Å². The summed E-state index contributed by atoms with van der Waals surface area (Å²) in [6.45, 7) is 1.83. The molecule has 0 aliphatic rings. The minimum absolute atomic E-state index is 0.169. The summed E-state index contributed by atoms with van der Waals surface area (Å²) in [6.07, 6.45) is 0. The highest BCUT2D eigenvalue weighted by molar-refractivity contribution is 6.49. The lowest BCUT2D eigenvalue weighted by Crippen LogP contribution is -2.16. The maximum Gasteiger partial charge on any atom is 0.336 e. The summed E-state index contributed by atoms with van der Waals surface area (Å²) >= 11 is 0. The van der Waals surface area contributed by atoms with Crippen molar-refractivity contribution < 1.29 is 29.4 Å². The van der Waals surface area contributed by atoms with Crippen molar-refractivity contribution in [2.45, 2.75) is 6.92 Å². The van der Waals surface area contributed by atoms with Gasteiger partial charge >= 0.3 is 11.9 Å². The van der Waals surface area contributed by atoms with Gasteiger partial charge in [-0.05, 0) is 19.1 Å². The van der Waals surface area contributed by atoms with Crippen molar-refractivity contribution in [3.05, 3.63) is 70.3 Å². The average molecular weight is 312 g/mol. The van der Waals surface area contributed by atoms with Gasteiger partial charge in [-0.25, -0.2) is 9.59 Å². The molecule has 0 heterocycles. The maximum atomic E-state index is 12.2. The lowest BCUT2D eigenvalue weighted by Gasteiger charge is -2.05. The van der Waals surface area contributed by atoms with E-state index in [1.165, 1.54) is 12.1 Å². The van der Waals surface area contributed by atoms with Crippen LogP contribution in [0.4, 0.5) is 0 Å². The van der Waals surface area contributed by atoms with Crippen molar-refractivity contribution in [3.63, 3.8) is 0 Å². The third-order valence-electron chi connectivity index (χ3n) is 3.26. The highest BCUT2D eigenvalue weighted by Crippen LogP contribution is 2.15. The van der Waals surface area contributed by atoms with Gasteiger partial charge in [0, 0.05) is 11.1 Å². The van der Waals surface area contributed by atoms with Crippen LogP contribution >= 0.6 is 0 Å². The zero-order valence-electron chi connectivity index (χ0n) is 12.1. The Kier molecular flexibility index (Phi) is 4.36. The highest BCUT2D eigenvalue weighted by Gasteiger charge is 2.22. The largest absolute Gasteiger partial charge is 0.478 e. The average Bonchev–Trinajstić information content (AvgIpc) is 2.53. The van der Waals surface area contributed by atoms with Gasteiger partial charge in [-0.2, -0.15) is 0 Å². The molecule has 0 aromatic heterocycles. The molecule has 23 heavy (non-hydrogen) atoms. The second kappa shape index (κ2) is 6.23. The van der Waals surface area contributed by atoms with Gasteiger partial charge in [0.15, 0.2) is 0 Å². The molecule has 2 N–H and O–H groups in total. The lowest BCUT2D eigenvalue weighted by atomic mass is 9.97. The van der Waals surface area contributed by atoms with E-state index in [2.05, 4.69) is 0 Å². The zero-order chi connectivity index (χ0) is 17.1. The number of carboxylic acids is 2. The fourth-order valence-corrected chi connectivity index (χ4v) is 2.02. The number of aryl methyl sites for hydroxylation is 1. The Labute approximate surface area is 131 Å². The molecule has 6 nitrogen and oxygen atoms in total. The van der Waals surface area contributed by atoms with Crippen molar-refractivity contribution in [2.75, 3.05) is 0 Å². The Bertz CT molecular complexity index is 817. The Morgan fingerprint density at radius 1 is 0.696 bits per heavy atom. The van der Waals surface area contributed by atoms with E-state index < -0.39 is 34.6 Å². The first-order valence-electron chi connectivity index (χ1n) is 6.57. The molecule has 0 atom stereocenters. The Morgan fingerprint density at radius 3 is 1.70 bits per heavy atom. The van der Waals surface area contributed by atoms with E-state index in [4.69, 9.17) is 10.2 Å². The van der Waals surface area contributed by atoms with Gasteiger partial charge in [-0.1, -0.05) is 35.9 Å². The first-order chi connectivity index (χ1) is 10.8. The number of hydrogen-bond donors (Lipinski definition) is 2. The second-order valence-corrected chi connectivity index (χ2v) is 4.89. The van der Waals surface area contributed by atoms with Crippen LogP contribution in [0.2, 0.25) is 0 Å². The van der Waals surface area contributed by atoms with E-state index in [1.807, 2.05) is 6.92 Å². The van der Waals surface area contributed by atoms with Gasteiger partial charge in [0.2, 0.25) is 11.6 Å². The van der Waals surface area contributed by atoms with Gasteiger partial charge in [0.1, 0.15) is 0 Å². The van der Waals surface area contributed by atoms with E-state index in [0.29, 0.717) is 0 Å². The third kappa shape index (κ3) is 3.32. The van der Waals surface area contributed by atoms with E-state index >= 15 is 0 Å². The number of carboxylic acid groups (broad SMARTS) is 2. The summed E-state index contributed by atoms with van der Waals surface area (Å²) in [6, 6.07) is 9.39. The Hall–Kier alpha value is -3.28. The molecule has 0 unspecified atom stereocenters. The van der Waals surface area contributed by atoms with Crippen LogP contribution in [0.25, 0.3) is 0 Å². The summed E-state index contributed by atoms with van der Waals surface area (Å²) < 4.78 is 0. The van der Waals surface area contributed by atoms with Crippen LogP contribution in [0.3, 0.4) is 0 Å². The normalized spacial score (nSPS) is 10.1. The van der Waals surface area contributed by atoms with Crippen molar-refractivity contribution in [1.82, 2.24) is 0 Å². The fraction of sp³-hybridized carbons (Fsp3) is 0.0588. The summed E-state index contributed by atoms with van der Waals surface area (Å²) in [7, 11) is 0. The number of carbonyl (C=O) groups excluding carboxylic acids is 2. The fourth-order valence-electron chi connectivity index (χ4n) is 2.02. The van der Waals surface area contributed by atoms with Crippen molar-refractivity contribution in [2.24, 2.45) is 0 Å². The predicted octanol–water partition coefficient (Wildman–Crippen LogP) is 2.46. The molecule has 2 aromatic carbocycles. The highest BCUT2D eigenvalue weighted by atomic mass is 16.4. The SMILES string of the molecule is Cc1ccc(C(=O)C(=O)c2ccc(C(=O)O)c(C(=O)O)c2)cc1.